The number of hydrogen-bond acceptors (Lipinski definition) is 4. The van der Waals surface area contributed by atoms with Crippen LogP contribution in [0.25, 0.3) is 5.69 Å². The first-order valence-electron chi connectivity index (χ1n) is 9.15. The summed E-state index contributed by atoms with van der Waals surface area (Å²) < 4.78 is 27.9. The van der Waals surface area contributed by atoms with Gasteiger partial charge in [-0.05, 0) is 30.5 Å². The molecule has 0 unspecified atom stereocenters. The third kappa shape index (κ3) is 3.84. The Labute approximate surface area is 158 Å². The summed E-state index contributed by atoms with van der Waals surface area (Å²) in [6.45, 7) is 1.96. The molecule has 8 nitrogen and oxygen atoms in total. The first-order chi connectivity index (χ1) is 13.1. The average Bonchev–Trinajstić information content (AvgIpc) is 3.43. The predicted molar refractivity (Wildman–Crippen MR) is 101 cm³/mol. The molecule has 0 bridgehead atoms. The van der Waals surface area contributed by atoms with Gasteiger partial charge < -0.3 is 10.2 Å². The second-order valence-corrected chi connectivity index (χ2v) is 9.08. The molecule has 2 aromatic rings. The highest BCUT2D eigenvalue weighted by molar-refractivity contribution is 7.90. The van der Waals surface area contributed by atoms with Crippen molar-refractivity contribution in [2.75, 3.05) is 26.2 Å². The number of nitrogens with one attached hydrogen (secondary N) is 1. The molecule has 144 valence electrons. The number of para-hydroxylation sites is 1. The van der Waals surface area contributed by atoms with Crippen LogP contribution in [0.4, 0.5) is 4.79 Å². The molecule has 0 radical (unpaired) electrons. The van der Waals surface area contributed by atoms with Crippen molar-refractivity contribution in [3.63, 3.8) is 0 Å². The first-order valence-corrected chi connectivity index (χ1v) is 10.7. The second kappa shape index (κ2) is 7.32. The molecule has 1 aliphatic carbocycles. The Morgan fingerprint density at radius 1 is 1.11 bits per heavy atom. The van der Waals surface area contributed by atoms with Gasteiger partial charge in [-0.15, -0.1) is 0 Å². The van der Waals surface area contributed by atoms with E-state index >= 15 is 0 Å². The number of carbonyl (C=O) groups excluding carboxylic acids is 1. The summed E-state index contributed by atoms with van der Waals surface area (Å²) in [5.41, 5.74) is 1.88. The maximum absolute atomic E-state index is 12.5. The summed E-state index contributed by atoms with van der Waals surface area (Å²) in [4.78, 5) is 14.2. The fourth-order valence-electron chi connectivity index (χ4n) is 3.30. The van der Waals surface area contributed by atoms with Gasteiger partial charge >= 0.3 is 6.03 Å². The molecule has 27 heavy (non-hydrogen) atoms. The van der Waals surface area contributed by atoms with Crippen molar-refractivity contribution in [3.8, 4) is 5.69 Å². The number of amides is 2. The molecule has 2 aliphatic rings. The van der Waals surface area contributed by atoms with Gasteiger partial charge in [-0.3, -0.25) is 0 Å². The van der Waals surface area contributed by atoms with Crippen molar-refractivity contribution in [1.82, 2.24) is 24.3 Å². The van der Waals surface area contributed by atoms with Gasteiger partial charge in [0, 0.05) is 45.1 Å². The van der Waals surface area contributed by atoms with Gasteiger partial charge in [0.15, 0.2) is 0 Å². The van der Waals surface area contributed by atoms with Crippen LogP contribution < -0.4 is 5.32 Å². The van der Waals surface area contributed by atoms with Crippen molar-refractivity contribution in [3.05, 3.63) is 48.3 Å². The van der Waals surface area contributed by atoms with Crippen LogP contribution in [0.15, 0.2) is 42.7 Å². The van der Waals surface area contributed by atoms with Crippen LogP contribution in [0.2, 0.25) is 0 Å². The van der Waals surface area contributed by atoms with E-state index in [2.05, 4.69) is 10.4 Å². The third-order valence-electron chi connectivity index (χ3n) is 5.00. The summed E-state index contributed by atoms with van der Waals surface area (Å²) in [5, 5.41) is 6.99. The van der Waals surface area contributed by atoms with Crippen molar-refractivity contribution in [2.24, 2.45) is 0 Å². The molecule has 2 fully saturated rings. The maximum Gasteiger partial charge on any atom is 0.317 e. The Bertz CT molecular complexity index is 901. The number of rotatable bonds is 5. The summed E-state index contributed by atoms with van der Waals surface area (Å²) in [6, 6.07) is 9.45. The molecule has 1 aromatic heterocycles. The lowest BCUT2D eigenvalue weighted by Gasteiger charge is -2.34. The van der Waals surface area contributed by atoms with Gasteiger partial charge in [-0.1, -0.05) is 18.2 Å². The quantitative estimate of drug-likeness (QED) is 0.832. The number of sulfonamides is 1. The first kappa shape index (κ1) is 18.0. The monoisotopic (exact) mass is 389 g/mol. The molecule has 4 rings (SSSR count). The van der Waals surface area contributed by atoms with E-state index in [-0.39, 0.29) is 11.3 Å². The van der Waals surface area contributed by atoms with Crippen LogP contribution in [0.3, 0.4) is 0 Å². The normalized spacial score (nSPS) is 18.4. The Balaban J connectivity index is 1.33. The minimum absolute atomic E-state index is 0.172. The summed E-state index contributed by atoms with van der Waals surface area (Å²) in [5.74, 6) is 0. The lowest BCUT2D eigenvalue weighted by molar-refractivity contribution is 0.172. The molecule has 1 aliphatic heterocycles. The van der Waals surface area contributed by atoms with Crippen LogP contribution in [-0.4, -0.2) is 64.9 Å². The Hall–Kier alpha value is -2.39. The number of hydrogen-bond donors (Lipinski definition) is 1. The highest BCUT2D eigenvalue weighted by Crippen LogP contribution is 2.31. The van der Waals surface area contributed by atoms with E-state index in [1.54, 1.807) is 15.8 Å². The molecule has 2 amide bonds. The molecular weight excluding hydrogens is 366 g/mol. The van der Waals surface area contributed by atoms with Gasteiger partial charge in [0.1, 0.15) is 0 Å². The number of benzene rings is 1. The van der Waals surface area contributed by atoms with Gasteiger partial charge in [0.25, 0.3) is 0 Å². The molecule has 0 spiro atoms. The highest BCUT2D eigenvalue weighted by atomic mass is 32.2. The van der Waals surface area contributed by atoms with E-state index in [1.165, 1.54) is 4.31 Å². The highest BCUT2D eigenvalue weighted by Gasteiger charge is 2.41. The molecule has 1 saturated carbocycles. The van der Waals surface area contributed by atoms with E-state index in [0.29, 0.717) is 32.7 Å². The second-order valence-electron chi connectivity index (χ2n) is 6.87. The molecule has 1 N–H and O–H groups in total. The Kier molecular flexibility index (Phi) is 4.88. The molecular formula is C18H23N5O3S. The fourth-order valence-corrected chi connectivity index (χ4v) is 5.13. The summed E-state index contributed by atoms with van der Waals surface area (Å²) >= 11 is 0. The smallest absolute Gasteiger partial charge is 0.317 e. The summed E-state index contributed by atoms with van der Waals surface area (Å²) in [7, 11) is -3.16. The number of urea groups is 1. The Morgan fingerprint density at radius 3 is 2.52 bits per heavy atom. The summed E-state index contributed by atoms with van der Waals surface area (Å²) in [6.07, 6.45) is 5.10. The lowest BCUT2D eigenvalue weighted by atomic mass is 10.2. The number of carbonyl (C=O) groups is 1. The number of aromatic nitrogens is 2. The molecule has 1 saturated heterocycles. The Morgan fingerprint density at radius 2 is 1.85 bits per heavy atom. The van der Waals surface area contributed by atoms with E-state index in [0.717, 1.165) is 24.1 Å². The van der Waals surface area contributed by atoms with Gasteiger partial charge in [0.05, 0.1) is 10.9 Å². The van der Waals surface area contributed by atoms with E-state index in [1.807, 2.05) is 36.5 Å². The van der Waals surface area contributed by atoms with Crippen LogP contribution in [-0.2, 0) is 16.6 Å². The average molecular weight is 389 g/mol. The molecule has 9 heteroatoms. The van der Waals surface area contributed by atoms with Crippen molar-refractivity contribution >= 4 is 16.1 Å². The van der Waals surface area contributed by atoms with Gasteiger partial charge in [-0.2, -0.15) is 9.40 Å². The zero-order valence-corrected chi connectivity index (χ0v) is 15.8. The minimum atomic E-state index is -3.16. The number of nitrogens with zero attached hydrogens (tertiary/aromatic N) is 4. The zero-order chi connectivity index (χ0) is 18.9. The standard InChI is InChI=1S/C18H23N5O3S/c24-18(21-10-12-22(13-11-21)27(25,26)16-6-7-16)19-14-15-4-1-2-5-17(15)23-9-3-8-20-23/h1-5,8-9,16H,6-7,10-14H2,(H,19,24). The molecule has 1 aromatic carbocycles. The third-order valence-corrected chi connectivity index (χ3v) is 7.40. The molecule has 0 atom stereocenters. The van der Waals surface area contributed by atoms with E-state index in [4.69, 9.17) is 0 Å². The van der Waals surface area contributed by atoms with Crippen LogP contribution in [0.1, 0.15) is 18.4 Å². The van der Waals surface area contributed by atoms with Crippen molar-refractivity contribution in [1.29, 1.82) is 0 Å². The maximum atomic E-state index is 12.5. The molecule has 2 heterocycles. The SMILES string of the molecule is O=C(NCc1ccccc1-n1cccn1)N1CCN(S(=O)(=O)C2CC2)CC1. The topological polar surface area (TPSA) is 87.5 Å². The van der Waals surface area contributed by atoms with Crippen LogP contribution >= 0.6 is 0 Å². The lowest BCUT2D eigenvalue weighted by Crippen LogP contribution is -2.53. The van der Waals surface area contributed by atoms with Crippen molar-refractivity contribution in [2.45, 2.75) is 24.6 Å². The predicted octanol–water partition coefficient (Wildman–Crippen LogP) is 1.19. The largest absolute Gasteiger partial charge is 0.334 e. The van der Waals surface area contributed by atoms with Gasteiger partial charge in [-0.25, -0.2) is 17.9 Å². The van der Waals surface area contributed by atoms with Crippen LogP contribution in [0.5, 0.6) is 0 Å². The van der Waals surface area contributed by atoms with Crippen molar-refractivity contribution < 1.29 is 13.2 Å². The van der Waals surface area contributed by atoms with Crippen LogP contribution in [0, 0.1) is 0 Å². The fraction of sp³-hybridized carbons (Fsp3) is 0.444. The van der Waals surface area contributed by atoms with Gasteiger partial charge in [0.2, 0.25) is 10.0 Å². The van der Waals surface area contributed by atoms with E-state index < -0.39 is 10.0 Å². The van der Waals surface area contributed by atoms with E-state index in [9.17, 15) is 13.2 Å². The number of piperazine rings is 1. The minimum Gasteiger partial charge on any atom is -0.334 e. The zero-order valence-electron chi connectivity index (χ0n) is 15.0.